The van der Waals surface area contributed by atoms with Crippen LogP contribution in [-0.2, 0) is 0 Å². The molecule has 1 nitrogen and oxygen atoms in total. The van der Waals surface area contributed by atoms with Crippen LogP contribution in [0.4, 0.5) is 0 Å². The maximum absolute atomic E-state index is 3.34. The van der Waals surface area contributed by atoms with E-state index in [1.807, 2.05) is 14.0 Å². The topological polar surface area (TPSA) is 12.0 Å². The molecule has 0 aromatic rings. The van der Waals surface area contributed by atoms with Crippen molar-refractivity contribution < 1.29 is 0 Å². The summed E-state index contributed by atoms with van der Waals surface area (Å²) in [5.41, 5.74) is 0.398. The van der Waals surface area contributed by atoms with E-state index >= 15 is 0 Å². The van der Waals surface area contributed by atoms with Gasteiger partial charge in [-0.1, -0.05) is 27.7 Å². The van der Waals surface area contributed by atoms with Crippen LogP contribution in [0.15, 0.2) is 0 Å². The minimum atomic E-state index is 0.398. The van der Waals surface area contributed by atoms with Crippen molar-refractivity contribution in [3.05, 3.63) is 0 Å². The average Bonchev–Trinajstić information content (AvgIpc) is 2.10. The van der Waals surface area contributed by atoms with Crippen LogP contribution in [0.5, 0.6) is 0 Å². The quantitative estimate of drug-likeness (QED) is 0.680. The van der Waals surface area contributed by atoms with Crippen molar-refractivity contribution in [2.24, 2.45) is 11.3 Å². The van der Waals surface area contributed by atoms with Crippen LogP contribution < -0.4 is 5.32 Å². The molecular weight excluding hydrogens is 170 g/mol. The van der Waals surface area contributed by atoms with Crippen molar-refractivity contribution in [2.45, 2.75) is 53.5 Å². The van der Waals surface area contributed by atoms with Crippen LogP contribution in [-0.4, -0.2) is 13.1 Å². The molecule has 1 N–H and O–H groups in total. The van der Waals surface area contributed by atoms with Gasteiger partial charge in [0.05, 0.1) is 0 Å². The number of rotatable bonds is 4. The van der Waals surface area contributed by atoms with Crippen molar-refractivity contribution in [2.75, 3.05) is 7.05 Å². The van der Waals surface area contributed by atoms with Gasteiger partial charge in [0.2, 0.25) is 0 Å². The summed E-state index contributed by atoms with van der Waals surface area (Å²) in [5.74, 6) is 6.82. The van der Waals surface area contributed by atoms with Gasteiger partial charge in [0, 0.05) is 12.5 Å². The minimum Gasteiger partial charge on any atom is -0.316 e. The summed E-state index contributed by atoms with van der Waals surface area (Å²) in [6, 6.07) is 0.539. The molecule has 0 aliphatic heterocycles. The number of hydrogen-bond acceptors (Lipinski definition) is 1. The summed E-state index contributed by atoms with van der Waals surface area (Å²) < 4.78 is 0. The molecule has 2 atom stereocenters. The lowest BCUT2D eigenvalue weighted by molar-refractivity contribution is 0.226. The fourth-order valence-electron chi connectivity index (χ4n) is 1.31. The molecule has 0 heterocycles. The lowest BCUT2D eigenvalue weighted by Gasteiger charge is -2.30. The molecule has 0 fully saturated rings. The highest BCUT2D eigenvalue weighted by molar-refractivity contribution is 4.98. The van der Waals surface area contributed by atoms with Crippen molar-refractivity contribution in [3.8, 4) is 11.8 Å². The van der Waals surface area contributed by atoms with Crippen LogP contribution in [0.2, 0.25) is 0 Å². The third-order valence-electron chi connectivity index (χ3n) is 3.05. The van der Waals surface area contributed by atoms with E-state index in [1.54, 1.807) is 0 Å². The van der Waals surface area contributed by atoms with Crippen molar-refractivity contribution in [1.29, 1.82) is 0 Å². The van der Waals surface area contributed by atoms with Gasteiger partial charge in [0.1, 0.15) is 0 Å². The van der Waals surface area contributed by atoms with Gasteiger partial charge < -0.3 is 5.32 Å². The van der Waals surface area contributed by atoms with Gasteiger partial charge >= 0.3 is 0 Å². The third kappa shape index (κ3) is 5.29. The fraction of sp³-hybridized carbons (Fsp3) is 0.846. The molecule has 0 aliphatic rings. The van der Waals surface area contributed by atoms with E-state index in [0.717, 1.165) is 12.3 Å². The molecular formula is C13H25N. The van der Waals surface area contributed by atoms with Crippen molar-refractivity contribution >= 4 is 0 Å². The Morgan fingerprint density at radius 3 is 2.21 bits per heavy atom. The molecule has 14 heavy (non-hydrogen) atoms. The molecule has 0 rings (SSSR count). The lowest BCUT2D eigenvalue weighted by atomic mass is 9.78. The molecule has 82 valence electrons. The van der Waals surface area contributed by atoms with Gasteiger partial charge in [0.15, 0.2) is 0 Å². The zero-order valence-electron chi connectivity index (χ0n) is 10.6. The van der Waals surface area contributed by atoms with E-state index in [2.05, 4.69) is 44.9 Å². The average molecular weight is 195 g/mol. The second-order valence-corrected chi connectivity index (χ2v) is 5.12. The smallest absolute Gasteiger partial charge is 0.0243 e. The zero-order chi connectivity index (χ0) is 11.2. The van der Waals surface area contributed by atoms with Gasteiger partial charge in [-0.25, -0.2) is 0 Å². The fourth-order valence-corrected chi connectivity index (χ4v) is 1.31. The summed E-state index contributed by atoms with van der Waals surface area (Å²) in [5, 5.41) is 3.34. The molecule has 2 unspecified atom stereocenters. The standard InChI is InChI=1S/C13H25N/c1-7-8-9-12(14-6)10-11(2)13(3,4)5/h11-12,14H,9-10H2,1-6H3. The molecule has 0 spiro atoms. The van der Waals surface area contributed by atoms with Crippen LogP contribution in [0.25, 0.3) is 0 Å². The maximum atomic E-state index is 3.34. The summed E-state index contributed by atoms with van der Waals surface area (Å²) >= 11 is 0. The molecule has 0 bridgehead atoms. The second-order valence-electron chi connectivity index (χ2n) is 5.12. The normalized spacial score (nSPS) is 15.6. The first-order valence-corrected chi connectivity index (χ1v) is 5.48. The molecule has 0 aromatic heterocycles. The monoisotopic (exact) mass is 195 g/mol. The Morgan fingerprint density at radius 1 is 1.29 bits per heavy atom. The molecule has 0 radical (unpaired) electrons. The number of hydrogen-bond donors (Lipinski definition) is 1. The SMILES string of the molecule is CC#CCC(CC(C)C(C)(C)C)NC. The molecule has 0 amide bonds. The van der Waals surface area contributed by atoms with Crippen molar-refractivity contribution in [3.63, 3.8) is 0 Å². The van der Waals surface area contributed by atoms with Crippen molar-refractivity contribution in [1.82, 2.24) is 5.32 Å². The van der Waals surface area contributed by atoms with Gasteiger partial charge in [-0.15, -0.1) is 11.8 Å². The van der Waals surface area contributed by atoms with E-state index in [-0.39, 0.29) is 0 Å². The van der Waals surface area contributed by atoms with Crippen LogP contribution in [0.1, 0.15) is 47.5 Å². The van der Waals surface area contributed by atoms with Gasteiger partial charge in [-0.3, -0.25) is 0 Å². The first kappa shape index (κ1) is 13.5. The molecule has 0 aromatic carbocycles. The Kier molecular flexibility index (Phi) is 5.88. The van der Waals surface area contributed by atoms with E-state index in [4.69, 9.17) is 0 Å². The lowest BCUT2D eigenvalue weighted by Crippen LogP contribution is -2.30. The van der Waals surface area contributed by atoms with E-state index in [1.165, 1.54) is 6.42 Å². The Labute approximate surface area is 89.7 Å². The number of nitrogens with one attached hydrogen (secondary N) is 1. The van der Waals surface area contributed by atoms with E-state index in [9.17, 15) is 0 Å². The Hall–Kier alpha value is -0.480. The molecule has 0 saturated heterocycles. The van der Waals surface area contributed by atoms with E-state index < -0.39 is 0 Å². The first-order valence-electron chi connectivity index (χ1n) is 5.48. The summed E-state index contributed by atoms with van der Waals surface area (Å²) in [6.45, 7) is 11.1. The highest BCUT2D eigenvalue weighted by atomic mass is 14.9. The van der Waals surface area contributed by atoms with Gasteiger partial charge in [-0.05, 0) is 31.7 Å². The molecule has 0 saturated carbocycles. The van der Waals surface area contributed by atoms with Crippen LogP contribution >= 0.6 is 0 Å². The second kappa shape index (κ2) is 6.09. The highest BCUT2D eigenvalue weighted by Gasteiger charge is 2.22. The largest absolute Gasteiger partial charge is 0.316 e. The predicted molar refractivity (Wildman–Crippen MR) is 64.2 cm³/mol. The summed E-state index contributed by atoms with van der Waals surface area (Å²) in [7, 11) is 2.03. The van der Waals surface area contributed by atoms with Gasteiger partial charge in [0.25, 0.3) is 0 Å². The van der Waals surface area contributed by atoms with Crippen LogP contribution in [0.3, 0.4) is 0 Å². The third-order valence-corrected chi connectivity index (χ3v) is 3.05. The summed E-state index contributed by atoms with van der Waals surface area (Å²) in [6.07, 6.45) is 2.17. The van der Waals surface area contributed by atoms with E-state index in [0.29, 0.717) is 11.5 Å². The van der Waals surface area contributed by atoms with Crippen LogP contribution in [0, 0.1) is 23.2 Å². The predicted octanol–water partition coefficient (Wildman–Crippen LogP) is 3.06. The highest BCUT2D eigenvalue weighted by Crippen LogP contribution is 2.29. The Bertz CT molecular complexity index is 202. The maximum Gasteiger partial charge on any atom is 0.0243 e. The molecule has 1 heteroatoms. The Balaban J connectivity index is 4.09. The Morgan fingerprint density at radius 2 is 1.86 bits per heavy atom. The first-order chi connectivity index (χ1) is 6.41. The zero-order valence-corrected chi connectivity index (χ0v) is 10.6. The molecule has 0 aliphatic carbocycles. The minimum absolute atomic E-state index is 0.398. The van der Waals surface area contributed by atoms with Gasteiger partial charge in [-0.2, -0.15) is 0 Å². The summed E-state index contributed by atoms with van der Waals surface area (Å²) in [4.78, 5) is 0.